The molecule has 8 heteroatoms. The number of hydrogen-bond donors (Lipinski definition) is 0. The normalized spacial score (nSPS) is 16.4. The maximum Gasteiger partial charge on any atom is 0.262 e. The lowest BCUT2D eigenvalue weighted by atomic mass is 10.1. The van der Waals surface area contributed by atoms with E-state index in [4.69, 9.17) is 0 Å². The molecule has 0 N–H and O–H groups in total. The molecule has 3 aromatic rings. The Kier molecular flexibility index (Phi) is 3.60. The molecule has 27 heavy (non-hydrogen) atoms. The van der Waals surface area contributed by atoms with E-state index in [0.717, 1.165) is 37.4 Å². The Morgan fingerprint density at radius 2 is 2.07 bits per heavy atom. The molecule has 0 spiro atoms. The highest BCUT2D eigenvalue weighted by Gasteiger charge is 2.33. The van der Waals surface area contributed by atoms with Crippen LogP contribution in [-0.2, 0) is 19.9 Å². The topological polar surface area (TPSA) is 80.0 Å². The fourth-order valence-corrected chi connectivity index (χ4v) is 3.95. The van der Waals surface area contributed by atoms with Crippen LogP contribution < -0.4 is 15.4 Å². The molecule has 0 radical (unpaired) electrons. The fraction of sp³-hybridized carbons (Fsp3) is 0.421. The molecule has 1 saturated heterocycles. The molecule has 2 aliphatic rings. The summed E-state index contributed by atoms with van der Waals surface area (Å²) in [5.41, 5.74) is 3.06. The Bertz CT molecular complexity index is 1090. The van der Waals surface area contributed by atoms with Crippen LogP contribution >= 0.6 is 0 Å². The van der Waals surface area contributed by atoms with Crippen LogP contribution in [0.2, 0.25) is 0 Å². The average molecular weight is 363 g/mol. The number of anilines is 2. The summed E-state index contributed by atoms with van der Waals surface area (Å²) in [6, 6.07) is 4.17. The highest BCUT2D eigenvalue weighted by Crippen LogP contribution is 2.27. The number of fused-ring (bicyclic) bond motifs is 2. The Balaban J connectivity index is 1.37. The van der Waals surface area contributed by atoms with Crippen LogP contribution in [0.3, 0.4) is 0 Å². The van der Waals surface area contributed by atoms with Gasteiger partial charge in [0.15, 0.2) is 5.82 Å². The average Bonchev–Trinajstić information content (AvgIpc) is 3.11. The van der Waals surface area contributed by atoms with Crippen molar-refractivity contribution in [2.75, 3.05) is 29.9 Å². The number of likely N-dealkylation sites (N-methyl/N-ethyl adjacent to an activating group) is 1. The van der Waals surface area contributed by atoms with Gasteiger partial charge < -0.3 is 9.80 Å². The number of aromatic nitrogens is 5. The van der Waals surface area contributed by atoms with Gasteiger partial charge in [0.1, 0.15) is 0 Å². The molecule has 1 aliphatic heterocycles. The Labute approximate surface area is 156 Å². The number of aryl methyl sites for hydroxylation is 2. The number of pyridine rings is 1. The van der Waals surface area contributed by atoms with E-state index in [9.17, 15) is 4.79 Å². The lowest BCUT2D eigenvalue weighted by molar-refractivity contribution is 0.479. The van der Waals surface area contributed by atoms with E-state index in [1.54, 1.807) is 30.1 Å². The zero-order valence-electron chi connectivity index (χ0n) is 15.5. The molecule has 0 amide bonds. The molecule has 138 valence electrons. The van der Waals surface area contributed by atoms with Crippen LogP contribution in [0, 0.1) is 0 Å². The van der Waals surface area contributed by atoms with E-state index in [1.807, 2.05) is 7.05 Å². The third-order valence-electron chi connectivity index (χ3n) is 5.71. The van der Waals surface area contributed by atoms with Crippen molar-refractivity contribution in [1.82, 2.24) is 24.7 Å². The van der Waals surface area contributed by atoms with Crippen molar-refractivity contribution in [3.63, 3.8) is 0 Å². The van der Waals surface area contributed by atoms with Gasteiger partial charge in [-0.2, -0.15) is 5.10 Å². The minimum Gasteiger partial charge on any atom is -0.351 e. The van der Waals surface area contributed by atoms with Gasteiger partial charge in [0.05, 0.1) is 28.8 Å². The molecule has 1 aliphatic carbocycles. The number of rotatable bonds is 3. The summed E-state index contributed by atoms with van der Waals surface area (Å²) in [7, 11) is 3.75. The summed E-state index contributed by atoms with van der Waals surface area (Å²) in [6.45, 7) is 1.68. The molecule has 0 unspecified atom stereocenters. The zero-order chi connectivity index (χ0) is 18.5. The minimum absolute atomic E-state index is 0.0510. The monoisotopic (exact) mass is 363 g/mol. The standard InChI is InChI=1S/C19H21N7O/c1-24(19-21-16-9-20-7-6-14(16)18(27)25(19)2)13-10-26(11-13)17-8-12-4-3-5-15(12)22-23-17/h6-9,13H,3-5,10-11H2,1-2H3. The molecule has 0 saturated carbocycles. The lowest BCUT2D eigenvalue weighted by Gasteiger charge is -2.45. The van der Waals surface area contributed by atoms with Crippen molar-refractivity contribution in [2.24, 2.45) is 7.05 Å². The maximum absolute atomic E-state index is 12.6. The SMILES string of the molecule is CN(c1nc2cnccc2c(=O)n1C)C1CN(c2cc3c(nn2)CCC3)C1. The van der Waals surface area contributed by atoms with Gasteiger partial charge in [0.25, 0.3) is 5.56 Å². The molecule has 4 heterocycles. The quantitative estimate of drug-likeness (QED) is 0.685. The van der Waals surface area contributed by atoms with Crippen molar-refractivity contribution >= 4 is 22.7 Å². The molecule has 1 fully saturated rings. The first-order valence-electron chi connectivity index (χ1n) is 9.26. The minimum atomic E-state index is -0.0510. The van der Waals surface area contributed by atoms with Gasteiger partial charge in [-0.1, -0.05) is 0 Å². The summed E-state index contributed by atoms with van der Waals surface area (Å²) >= 11 is 0. The Hall–Kier alpha value is -3.03. The molecule has 8 nitrogen and oxygen atoms in total. The van der Waals surface area contributed by atoms with Crippen LogP contribution in [0.15, 0.2) is 29.3 Å². The van der Waals surface area contributed by atoms with Gasteiger partial charge >= 0.3 is 0 Å². The van der Waals surface area contributed by atoms with Gasteiger partial charge in [-0.25, -0.2) is 4.98 Å². The van der Waals surface area contributed by atoms with E-state index < -0.39 is 0 Å². The maximum atomic E-state index is 12.6. The van der Waals surface area contributed by atoms with Crippen LogP contribution in [0.5, 0.6) is 0 Å². The van der Waals surface area contributed by atoms with Gasteiger partial charge in [-0.05, 0) is 37.0 Å². The predicted octanol–water partition coefficient (Wildman–Crippen LogP) is 0.932. The first kappa shape index (κ1) is 16.2. The first-order chi connectivity index (χ1) is 13.1. The van der Waals surface area contributed by atoms with Gasteiger partial charge in [-0.15, -0.1) is 5.10 Å². The van der Waals surface area contributed by atoms with E-state index in [-0.39, 0.29) is 11.6 Å². The van der Waals surface area contributed by atoms with Crippen molar-refractivity contribution in [2.45, 2.75) is 25.3 Å². The molecular weight excluding hydrogens is 342 g/mol. The Morgan fingerprint density at radius 3 is 2.93 bits per heavy atom. The lowest BCUT2D eigenvalue weighted by Crippen LogP contribution is -2.60. The molecule has 0 bridgehead atoms. The second-order valence-electron chi connectivity index (χ2n) is 7.37. The summed E-state index contributed by atoms with van der Waals surface area (Å²) in [5.74, 6) is 1.61. The second kappa shape index (κ2) is 6.00. The fourth-order valence-electron chi connectivity index (χ4n) is 3.95. The molecule has 0 aromatic carbocycles. The van der Waals surface area contributed by atoms with Crippen LogP contribution in [0.4, 0.5) is 11.8 Å². The molecule has 3 aromatic heterocycles. The summed E-state index contributed by atoms with van der Waals surface area (Å²) < 4.78 is 1.61. The van der Waals surface area contributed by atoms with Crippen LogP contribution in [-0.4, -0.2) is 50.9 Å². The number of hydrogen-bond acceptors (Lipinski definition) is 7. The third kappa shape index (κ3) is 2.55. The highest BCUT2D eigenvalue weighted by atomic mass is 16.1. The molecular formula is C19H21N7O. The van der Waals surface area contributed by atoms with Crippen molar-refractivity contribution in [1.29, 1.82) is 0 Å². The molecule has 5 rings (SSSR count). The predicted molar refractivity (Wildman–Crippen MR) is 103 cm³/mol. The van der Waals surface area contributed by atoms with Crippen LogP contribution in [0.1, 0.15) is 17.7 Å². The summed E-state index contributed by atoms with van der Waals surface area (Å²) in [5, 5.41) is 9.36. The van der Waals surface area contributed by atoms with Gasteiger partial charge in [-0.3, -0.25) is 14.3 Å². The van der Waals surface area contributed by atoms with Crippen molar-refractivity contribution in [3.05, 3.63) is 46.1 Å². The zero-order valence-corrected chi connectivity index (χ0v) is 15.5. The largest absolute Gasteiger partial charge is 0.351 e. The second-order valence-corrected chi connectivity index (χ2v) is 7.37. The van der Waals surface area contributed by atoms with Crippen LogP contribution in [0.25, 0.3) is 10.9 Å². The van der Waals surface area contributed by atoms with Crippen molar-refractivity contribution in [3.8, 4) is 0 Å². The van der Waals surface area contributed by atoms with E-state index >= 15 is 0 Å². The summed E-state index contributed by atoms with van der Waals surface area (Å²) in [6.07, 6.45) is 6.59. The van der Waals surface area contributed by atoms with Gasteiger partial charge in [0.2, 0.25) is 5.95 Å². The van der Waals surface area contributed by atoms with E-state index in [0.29, 0.717) is 16.9 Å². The number of nitrogens with zero attached hydrogens (tertiary/aromatic N) is 7. The third-order valence-corrected chi connectivity index (χ3v) is 5.71. The van der Waals surface area contributed by atoms with E-state index in [2.05, 4.69) is 36.0 Å². The smallest absolute Gasteiger partial charge is 0.262 e. The van der Waals surface area contributed by atoms with Crippen molar-refractivity contribution < 1.29 is 0 Å². The molecule has 0 atom stereocenters. The Morgan fingerprint density at radius 1 is 1.22 bits per heavy atom. The van der Waals surface area contributed by atoms with Gasteiger partial charge in [0, 0.05) is 33.4 Å². The summed E-state index contributed by atoms with van der Waals surface area (Å²) in [4.78, 5) is 25.7. The highest BCUT2D eigenvalue weighted by molar-refractivity contribution is 5.77. The first-order valence-corrected chi connectivity index (χ1v) is 9.26. The van der Waals surface area contributed by atoms with E-state index in [1.165, 1.54) is 12.0 Å².